The van der Waals surface area contributed by atoms with Crippen LogP contribution in [0.1, 0.15) is 40.2 Å². The standard InChI is InChI=1S/C28H27Cl2F2N3O5/c29-17-3-1-16(2-4-17)20-5-6-21-26(22(20)12-25-33-13-18(30)14-34-25)28(32,35(27(21)38)40-10-8-36)23(15-37)24-11-19(31)7-9-39-24/h1-6,13-14,19,23-24,36-37H,7-12,15H2/t19?,23?,24?,28-/m0/s1. The summed E-state index contributed by atoms with van der Waals surface area (Å²) in [7, 11) is 0. The van der Waals surface area contributed by atoms with E-state index in [0.717, 1.165) is 0 Å². The summed E-state index contributed by atoms with van der Waals surface area (Å²) in [5.41, 5.74) is 1.54. The zero-order valence-corrected chi connectivity index (χ0v) is 22.8. The lowest BCUT2D eigenvalue weighted by atomic mass is 9.79. The first-order valence-electron chi connectivity index (χ1n) is 12.8. The van der Waals surface area contributed by atoms with Crippen LogP contribution in [0.4, 0.5) is 8.78 Å². The van der Waals surface area contributed by atoms with Gasteiger partial charge < -0.3 is 14.9 Å². The molecule has 0 aliphatic carbocycles. The van der Waals surface area contributed by atoms with Gasteiger partial charge in [-0.1, -0.05) is 41.4 Å². The van der Waals surface area contributed by atoms with Crippen molar-refractivity contribution in [2.45, 2.75) is 37.3 Å². The second-order valence-corrected chi connectivity index (χ2v) is 10.5. The summed E-state index contributed by atoms with van der Waals surface area (Å²) in [6, 6.07) is 10.1. The number of rotatable bonds is 9. The van der Waals surface area contributed by atoms with E-state index in [9.17, 15) is 19.4 Å². The molecule has 212 valence electrons. The maximum absolute atomic E-state index is 18.0. The molecule has 3 unspecified atom stereocenters. The van der Waals surface area contributed by atoms with E-state index in [1.807, 2.05) is 0 Å². The van der Waals surface area contributed by atoms with Crippen molar-refractivity contribution < 1.29 is 33.4 Å². The first kappa shape index (κ1) is 28.8. The predicted molar refractivity (Wildman–Crippen MR) is 143 cm³/mol. The monoisotopic (exact) mass is 593 g/mol. The molecule has 3 heterocycles. The lowest BCUT2D eigenvalue weighted by Crippen LogP contribution is -2.53. The summed E-state index contributed by atoms with van der Waals surface area (Å²) >= 11 is 12.1. The Bertz CT molecular complexity index is 1370. The van der Waals surface area contributed by atoms with Crippen LogP contribution in [0.15, 0.2) is 48.8 Å². The highest BCUT2D eigenvalue weighted by Gasteiger charge is 2.60. The highest BCUT2D eigenvalue weighted by molar-refractivity contribution is 6.30. The number of hydrogen-bond acceptors (Lipinski definition) is 7. The summed E-state index contributed by atoms with van der Waals surface area (Å²) in [5, 5.41) is 21.3. The maximum atomic E-state index is 18.0. The van der Waals surface area contributed by atoms with E-state index in [2.05, 4.69) is 9.97 Å². The van der Waals surface area contributed by atoms with Crippen LogP contribution in [0.25, 0.3) is 11.1 Å². The Morgan fingerprint density at radius 1 is 1.10 bits per heavy atom. The van der Waals surface area contributed by atoms with E-state index in [1.165, 1.54) is 18.5 Å². The molecule has 2 aromatic carbocycles. The van der Waals surface area contributed by atoms with Gasteiger partial charge in [-0.3, -0.25) is 9.63 Å². The van der Waals surface area contributed by atoms with Crippen LogP contribution in [-0.4, -0.2) is 69.9 Å². The number of hydrogen-bond donors (Lipinski definition) is 2. The smallest absolute Gasteiger partial charge is 0.281 e. The van der Waals surface area contributed by atoms with Gasteiger partial charge in [0, 0.05) is 48.8 Å². The van der Waals surface area contributed by atoms with E-state index in [1.54, 1.807) is 30.3 Å². The zero-order chi connectivity index (χ0) is 28.4. The molecule has 4 atom stereocenters. The number of hydroxylamine groups is 2. The van der Waals surface area contributed by atoms with Crippen molar-refractivity contribution in [3.8, 4) is 11.1 Å². The highest BCUT2D eigenvalue weighted by Crippen LogP contribution is 2.52. The average Bonchev–Trinajstić information content (AvgIpc) is 3.16. The Hall–Kier alpha value is -2.73. The third kappa shape index (κ3) is 5.32. The minimum atomic E-state index is -2.79. The fourth-order valence-corrected chi connectivity index (χ4v) is 5.65. The van der Waals surface area contributed by atoms with Crippen molar-refractivity contribution in [1.82, 2.24) is 15.0 Å². The molecule has 1 fully saturated rings. The van der Waals surface area contributed by atoms with Crippen molar-refractivity contribution in [2.75, 3.05) is 26.4 Å². The largest absolute Gasteiger partial charge is 0.396 e. The average molecular weight is 594 g/mol. The number of ether oxygens (including phenoxy) is 1. The zero-order valence-electron chi connectivity index (χ0n) is 21.3. The molecule has 1 aromatic heterocycles. The Morgan fingerprint density at radius 2 is 1.80 bits per heavy atom. The van der Waals surface area contributed by atoms with Crippen LogP contribution in [0.2, 0.25) is 10.0 Å². The Kier molecular flexibility index (Phi) is 8.65. The van der Waals surface area contributed by atoms with Crippen LogP contribution in [0.5, 0.6) is 0 Å². The second kappa shape index (κ2) is 12.0. The minimum absolute atomic E-state index is 0.00632. The number of aliphatic hydroxyl groups is 2. The van der Waals surface area contributed by atoms with Gasteiger partial charge in [-0.25, -0.2) is 18.7 Å². The first-order valence-corrected chi connectivity index (χ1v) is 13.6. The summed E-state index contributed by atoms with van der Waals surface area (Å²) < 4.78 is 38.2. The molecule has 2 aliphatic rings. The minimum Gasteiger partial charge on any atom is -0.396 e. The molecule has 0 radical (unpaired) electrons. The van der Waals surface area contributed by atoms with Gasteiger partial charge in [-0.2, -0.15) is 5.06 Å². The van der Waals surface area contributed by atoms with Gasteiger partial charge in [0.1, 0.15) is 12.0 Å². The molecule has 1 amide bonds. The van der Waals surface area contributed by atoms with E-state index in [4.69, 9.17) is 32.8 Å². The fourth-order valence-electron chi connectivity index (χ4n) is 5.43. The summed E-state index contributed by atoms with van der Waals surface area (Å²) in [6.07, 6.45) is 0.467. The van der Waals surface area contributed by atoms with Crippen LogP contribution in [0.3, 0.4) is 0 Å². The molecule has 0 saturated carbocycles. The number of benzene rings is 2. The number of fused-ring (bicyclic) bond motifs is 1. The number of carbonyl (C=O) groups is 1. The van der Waals surface area contributed by atoms with Crippen LogP contribution in [-0.2, 0) is 21.8 Å². The first-order chi connectivity index (χ1) is 19.3. The second-order valence-electron chi connectivity index (χ2n) is 9.67. The normalized spacial score (nSPS) is 23.4. The third-order valence-electron chi connectivity index (χ3n) is 7.24. The summed E-state index contributed by atoms with van der Waals surface area (Å²) in [6.45, 7) is -1.62. The lowest BCUT2D eigenvalue weighted by Gasteiger charge is -2.42. The van der Waals surface area contributed by atoms with Crippen LogP contribution in [0, 0.1) is 5.92 Å². The van der Waals surface area contributed by atoms with Crippen LogP contribution >= 0.6 is 23.2 Å². The number of carbonyl (C=O) groups excluding carboxylic acids is 1. The van der Waals surface area contributed by atoms with Gasteiger partial charge in [-0.05, 0) is 34.9 Å². The van der Waals surface area contributed by atoms with Crippen molar-refractivity contribution in [3.63, 3.8) is 0 Å². The van der Waals surface area contributed by atoms with Crippen LogP contribution < -0.4 is 0 Å². The number of nitrogens with zero attached hydrogens (tertiary/aromatic N) is 3. The number of aliphatic hydroxyl groups excluding tert-OH is 2. The van der Waals surface area contributed by atoms with Gasteiger partial charge in [0.2, 0.25) is 5.79 Å². The van der Waals surface area contributed by atoms with Crippen molar-refractivity contribution in [3.05, 3.63) is 81.4 Å². The maximum Gasteiger partial charge on any atom is 0.281 e. The number of aromatic nitrogens is 2. The summed E-state index contributed by atoms with van der Waals surface area (Å²) in [5.74, 6) is -4.71. The molecule has 1 saturated heterocycles. The predicted octanol–water partition coefficient (Wildman–Crippen LogP) is 4.67. The topological polar surface area (TPSA) is 105 Å². The van der Waals surface area contributed by atoms with Gasteiger partial charge >= 0.3 is 0 Å². The van der Waals surface area contributed by atoms with E-state index in [0.29, 0.717) is 37.6 Å². The van der Waals surface area contributed by atoms with Gasteiger partial charge in [0.05, 0.1) is 42.4 Å². The quantitative estimate of drug-likeness (QED) is 0.347. The molecule has 3 aromatic rings. The Balaban J connectivity index is 1.75. The van der Waals surface area contributed by atoms with Crippen molar-refractivity contribution in [1.29, 1.82) is 0 Å². The Morgan fingerprint density at radius 3 is 2.45 bits per heavy atom. The molecule has 40 heavy (non-hydrogen) atoms. The SMILES string of the molecule is O=C1c2ccc(-c3ccc(Cl)cc3)c(Cc3ncc(Cl)cn3)c2[C@](F)(C(CO)C2CC(F)CCO2)N1OCCO. The lowest BCUT2D eigenvalue weighted by molar-refractivity contribution is -0.270. The Labute approximate surface area is 239 Å². The van der Waals surface area contributed by atoms with Crippen molar-refractivity contribution in [2.24, 2.45) is 5.92 Å². The highest BCUT2D eigenvalue weighted by atomic mass is 35.5. The van der Waals surface area contributed by atoms with E-state index in [-0.39, 0.29) is 43.6 Å². The third-order valence-corrected chi connectivity index (χ3v) is 7.68. The summed E-state index contributed by atoms with van der Waals surface area (Å²) in [4.78, 5) is 27.7. The van der Waals surface area contributed by atoms with Gasteiger partial charge in [0.15, 0.2) is 0 Å². The van der Waals surface area contributed by atoms with Crippen molar-refractivity contribution >= 4 is 29.1 Å². The number of alkyl halides is 2. The molecule has 0 spiro atoms. The van der Waals surface area contributed by atoms with E-state index < -0.39 is 43.1 Å². The molecule has 2 aliphatic heterocycles. The number of halogens is 4. The molecule has 2 N–H and O–H groups in total. The van der Waals surface area contributed by atoms with E-state index >= 15 is 4.39 Å². The molecular weight excluding hydrogens is 567 g/mol. The molecular formula is C28H27Cl2F2N3O5. The van der Waals surface area contributed by atoms with Gasteiger partial charge in [0.25, 0.3) is 5.91 Å². The molecule has 0 bridgehead atoms. The number of amides is 1. The van der Waals surface area contributed by atoms with Gasteiger partial charge in [-0.15, -0.1) is 0 Å². The molecule has 8 nitrogen and oxygen atoms in total. The fraction of sp³-hybridized carbons (Fsp3) is 0.393. The molecule has 12 heteroatoms. The molecule has 5 rings (SSSR count).